The van der Waals surface area contributed by atoms with Gasteiger partial charge in [-0.1, -0.05) is 60.7 Å². The number of rotatable bonds is 5. The van der Waals surface area contributed by atoms with Crippen LogP contribution in [0.25, 0.3) is 67.5 Å². The van der Waals surface area contributed by atoms with Crippen molar-refractivity contribution in [1.29, 1.82) is 0 Å². The van der Waals surface area contributed by atoms with Crippen molar-refractivity contribution in [1.82, 2.24) is 19.9 Å². The third-order valence-electron chi connectivity index (χ3n) is 7.06. The first-order valence-corrected chi connectivity index (χ1v) is 13.4. The van der Waals surface area contributed by atoms with Crippen molar-refractivity contribution in [3.05, 3.63) is 145 Å². The van der Waals surface area contributed by atoms with Gasteiger partial charge in [-0.05, 0) is 94.7 Å². The molecule has 0 aliphatic heterocycles. The van der Waals surface area contributed by atoms with Crippen molar-refractivity contribution in [2.45, 2.75) is 0 Å². The molecule has 7 rings (SSSR count). The monoisotopic (exact) mass is 548 g/mol. The zero-order valence-corrected chi connectivity index (χ0v) is 22.2. The number of aromatic nitrogens is 4. The molecular weight excluding hydrogens is 526 g/mol. The van der Waals surface area contributed by atoms with Crippen LogP contribution in [0.4, 0.5) is 8.78 Å². The van der Waals surface area contributed by atoms with E-state index in [9.17, 15) is 8.78 Å². The number of halogens is 2. The van der Waals surface area contributed by atoms with Gasteiger partial charge in [-0.2, -0.15) is 0 Å². The van der Waals surface area contributed by atoms with Crippen molar-refractivity contribution in [2.24, 2.45) is 0 Å². The Labute approximate surface area is 241 Å². The molecule has 0 aliphatic rings. The van der Waals surface area contributed by atoms with Gasteiger partial charge in [0.15, 0.2) is 17.5 Å². The van der Waals surface area contributed by atoms with E-state index in [0.29, 0.717) is 34.3 Å². The molecule has 2 heterocycles. The quantitative estimate of drug-likeness (QED) is 0.215. The van der Waals surface area contributed by atoms with E-state index in [4.69, 9.17) is 15.0 Å². The van der Waals surface area contributed by atoms with E-state index >= 15 is 0 Å². The van der Waals surface area contributed by atoms with E-state index in [2.05, 4.69) is 47.4 Å². The summed E-state index contributed by atoms with van der Waals surface area (Å²) in [6.07, 6.45) is 0. The first kappa shape index (κ1) is 25.4. The molecule has 0 atom stereocenters. The molecule has 7 aromatic rings. The molecule has 0 aliphatic carbocycles. The number of pyridine rings is 1. The third-order valence-corrected chi connectivity index (χ3v) is 7.06. The average Bonchev–Trinajstić information content (AvgIpc) is 3.05. The Balaban J connectivity index is 1.30. The molecule has 0 bridgehead atoms. The highest BCUT2D eigenvalue weighted by molar-refractivity contribution is 5.88. The first-order valence-electron chi connectivity index (χ1n) is 13.4. The van der Waals surface area contributed by atoms with Crippen LogP contribution in [-0.2, 0) is 0 Å². The fraction of sp³-hybridized carbons (Fsp3) is 0. The van der Waals surface area contributed by atoms with Gasteiger partial charge in [0.25, 0.3) is 0 Å². The van der Waals surface area contributed by atoms with Gasteiger partial charge in [-0.3, -0.25) is 0 Å². The topological polar surface area (TPSA) is 51.6 Å². The average molecular weight is 549 g/mol. The van der Waals surface area contributed by atoms with Crippen LogP contribution >= 0.6 is 0 Å². The summed E-state index contributed by atoms with van der Waals surface area (Å²) < 4.78 is 27.3. The van der Waals surface area contributed by atoms with Gasteiger partial charge in [0.2, 0.25) is 0 Å². The summed E-state index contributed by atoms with van der Waals surface area (Å²) in [6, 6.07) is 40.6. The summed E-state index contributed by atoms with van der Waals surface area (Å²) in [5.41, 5.74) is 5.74. The van der Waals surface area contributed by atoms with Crippen LogP contribution in [-0.4, -0.2) is 19.9 Å². The lowest BCUT2D eigenvalue weighted by molar-refractivity contribution is 0.627. The van der Waals surface area contributed by atoms with Crippen LogP contribution in [0.1, 0.15) is 0 Å². The minimum atomic E-state index is -0.355. The van der Waals surface area contributed by atoms with E-state index in [1.54, 1.807) is 24.3 Å². The second kappa shape index (κ2) is 10.7. The van der Waals surface area contributed by atoms with E-state index in [0.717, 1.165) is 22.4 Å². The Bertz CT molecular complexity index is 1990. The largest absolute Gasteiger partial charge is 0.244 e. The molecule has 42 heavy (non-hydrogen) atoms. The highest BCUT2D eigenvalue weighted by atomic mass is 19.1. The van der Waals surface area contributed by atoms with Crippen molar-refractivity contribution in [3.8, 4) is 56.7 Å². The van der Waals surface area contributed by atoms with E-state index < -0.39 is 0 Å². The van der Waals surface area contributed by atoms with Crippen LogP contribution in [0.2, 0.25) is 0 Å². The molecule has 0 saturated heterocycles. The molecule has 4 nitrogen and oxygen atoms in total. The molecule has 200 valence electrons. The van der Waals surface area contributed by atoms with Gasteiger partial charge in [0.1, 0.15) is 17.3 Å². The van der Waals surface area contributed by atoms with Crippen molar-refractivity contribution >= 4 is 10.8 Å². The molecule has 0 spiro atoms. The van der Waals surface area contributed by atoms with Gasteiger partial charge >= 0.3 is 0 Å². The first-order chi connectivity index (χ1) is 20.6. The number of benzene rings is 5. The summed E-state index contributed by atoms with van der Waals surface area (Å²) >= 11 is 0. The van der Waals surface area contributed by atoms with Gasteiger partial charge in [-0.15, -0.1) is 0 Å². The van der Waals surface area contributed by atoms with Crippen LogP contribution in [0.5, 0.6) is 0 Å². The third kappa shape index (κ3) is 5.13. The molecule has 5 aromatic carbocycles. The molecule has 0 radical (unpaired) electrons. The Morgan fingerprint density at radius 2 is 0.857 bits per heavy atom. The smallest absolute Gasteiger partial charge is 0.182 e. The van der Waals surface area contributed by atoms with Gasteiger partial charge in [0.05, 0.1) is 5.69 Å². The SMILES string of the molecule is Fc1ccc(-c2nc(-c3ccc(F)cc3)nc(-c3cccc(-c4cccc(-c5ccc6ccccc6c5)c4)n3)n2)cc1. The summed E-state index contributed by atoms with van der Waals surface area (Å²) in [4.78, 5) is 18.9. The summed E-state index contributed by atoms with van der Waals surface area (Å²) in [6.45, 7) is 0. The van der Waals surface area contributed by atoms with Crippen molar-refractivity contribution in [3.63, 3.8) is 0 Å². The fourth-order valence-electron chi connectivity index (χ4n) is 4.89. The maximum absolute atomic E-state index is 13.6. The molecule has 0 amide bonds. The molecule has 2 aromatic heterocycles. The fourth-order valence-corrected chi connectivity index (χ4v) is 4.89. The lowest BCUT2D eigenvalue weighted by atomic mass is 9.99. The summed E-state index contributed by atoms with van der Waals surface area (Å²) in [7, 11) is 0. The minimum absolute atomic E-state index is 0.355. The lowest BCUT2D eigenvalue weighted by Crippen LogP contribution is -2.01. The minimum Gasteiger partial charge on any atom is -0.244 e. The van der Waals surface area contributed by atoms with E-state index in [-0.39, 0.29) is 11.6 Å². The van der Waals surface area contributed by atoms with E-state index in [1.807, 2.05) is 42.5 Å². The number of hydrogen-bond acceptors (Lipinski definition) is 4. The maximum atomic E-state index is 13.6. The van der Waals surface area contributed by atoms with Crippen LogP contribution < -0.4 is 0 Å². The van der Waals surface area contributed by atoms with Gasteiger partial charge in [-0.25, -0.2) is 28.7 Å². The van der Waals surface area contributed by atoms with Crippen molar-refractivity contribution in [2.75, 3.05) is 0 Å². The van der Waals surface area contributed by atoms with Crippen LogP contribution in [0, 0.1) is 11.6 Å². The van der Waals surface area contributed by atoms with E-state index in [1.165, 1.54) is 35.0 Å². The summed E-state index contributed by atoms with van der Waals surface area (Å²) in [5.74, 6) is 0.380. The molecule has 0 N–H and O–H groups in total. The normalized spacial score (nSPS) is 11.1. The second-order valence-corrected chi connectivity index (χ2v) is 9.87. The standard InChI is InChI=1S/C36H22F2N4/c37-30-17-13-24(14-18-30)34-40-35(25-15-19-31(38)20-16-25)42-36(41-34)33-10-4-9-32(39-33)29-8-3-7-27(22-29)28-12-11-23-5-1-2-6-26(23)21-28/h1-22H. The number of nitrogens with zero attached hydrogens (tertiary/aromatic N) is 4. The lowest BCUT2D eigenvalue weighted by Gasteiger charge is -2.10. The Kier molecular flexibility index (Phi) is 6.49. The zero-order chi connectivity index (χ0) is 28.5. The molecule has 6 heteroatoms. The highest BCUT2D eigenvalue weighted by Crippen LogP contribution is 2.30. The predicted octanol–water partition coefficient (Wildman–Crippen LogP) is 9.03. The Hall–Kier alpha value is -5.62. The molecular formula is C36H22F2N4. The molecule has 0 unspecified atom stereocenters. The Morgan fingerprint density at radius 1 is 0.333 bits per heavy atom. The maximum Gasteiger partial charge on any atom is 0.182 e. The van der Waals surface area contributed by atoms with Crippen molar-refractivity contribution < 1.29 is 8.78 Å². The highest BCUT2D eigenvalue weighted by Gasteiger charge is 2.14. The molecule has 0 fully saturated rings. The zero-order valence-electron chi connectivity index (χ0n) is 22.2. The van der Waals surface area contributed by atoms with Gasteiger partial charge < -0.3 is 0 Å². The van der Waals surface area contributed by atoms with Gasteiger partial charge in [0, 0.05) is 16.7 Å². The predicted molar refractivity (Wildman–Crippen MR) is 162 cm³/mol. The number of fused-ring (bicyclic) bond motifs is 1. The molecule has 0 saturated carbocycles. The second-order valence-electron chi connectivity index (χ2n) is 9.87. The van der Waals surface area contributed by atoms with Crippen LogP contribution in [0.3, 0.4) is 0 Å². The number of hydrogen-bond donors (Lipinski definition) is 0. The summed E-state index contributed by atoms with van der Waals surface area (Å²) in [5, 5.41) is 2.38. The Morgan fingerprint density at radius 3 is 1.55 bits per heavy atom. The van der Waals surface area contributed by atoms with Crippen LogP contribution in [0.15, 0.2) is 133 Å².